The average Bonchev–Trinajstić information content (AvgIpc) is 2.75. The Morgan fingerprint density at radius 1 is 0.750 bits per heavy atom. The van der Waals surface area contributed by atoms with Gasteiger partial charge in [-0.25, -0.2) is 4.39 Å². The number of halogens is 1. The molecule has 0 nitrogen and oxygen atoms in total. The zero-order chi connectivity index (χ0) is 19.3. The summed E-state index contributed by atoms with van der Waals surface area (Å²) in [6.45, 7) is 2.30. The molecule has 0 N–H and O–H groups in total. The van der Waals surface area contributed by atoms with Gasteiger partial charge in [0.25, 0.3) is 0 Å². The maximum atomic E-state index is 14.9. The van der Waals surface area contributed by atoms with Crippen LogP contribution < -0.4 is 0 Å². The molecular formula is C27H35F. The summed E-state index contributed by atoms with van der Waals surface area (Å²) in [6, 6.07) is 14.7. The molecule has 2 fully saturated rings. The number of hydrogen-bond donors (Lipinski definition) is 0. The Labute approximate surface area is 170 Å². The highest BCUT2D eigenvalue weighted by atomic mass is 19.1. The largest absolute Gasteiger partial charge is 0.206 e. The average molecular weight is 379 g/mol. The second-order valence-electron chi connectivity index (χ2n) is 9.20. The Hall–Kier alpha value is -1.63. The maximum Gasteiger partial charge on any atom is 0.131 e. The van der Waals surface area contributed by atoms with Gasteiger partial charge < -0.3 is 0 Å². The molecule has 0 aliphatic heterocycles. The summed E-state index contributed by atoms with van der Waals surface area (Å²) in [6.07, 6.45) is 14.4. The van der Waals surface area contributed by atoms with Crippen molar-refractivity contribution in [2.24, 2.45) is 5.92 Å². The molecule has 0 atom stereocenters. The van der Waals surface area contributed by atoms with Gasteiger partial charge in [-0.3, -0.25) is 0 Å². The molecule has 0 amide bonds. The minimum Gasteiger partial charge on any atom is -0.206 e. The smallest absolute Gasteiger partial charge is 0.131 e. The lowest BCUT2D eigenvalue weighted by molar-refractivity contribution is 0.308. The van der Waals surface area contributed by atoms with Crippen LogP contribution in [0.4, 0.5) is 4.39 Å². The summed E-state index contributed by atoms with van der Waals surface area (Å²) >= 11 is 0. The van der Waals surface area contributed by atoms with Gasteiger partial charge in [-0.15, -0.1) is 0 Å². The van der Waals surface area contributed by atoms with Crippen LogP contribution in [0, 0.1) is 11.7 Å². The fourth-order valence-electron chi connectivity index (χ4n) is 5.58. The van der Waals surface area contributed by atoms with Crippen LogP contribution in [-0.2, 0) is 0 Å². The summed E-state index contributed by atoms with van der Waals surface area (Å²) < 4.78 is 14.9. The van der Waals surface area contributed by atoms with Crippen molar-refractivity contribution in [3.63, 3.8) is 0 Å². The van der Waals surface area contributed by atoms with Crippen molar-refractivity contribution in [3.8, 4) is 11.1 Å². The van der Waals surface area contributed by atoms with E-state index in [0.717, 1.165) is 17.0 Å². The first-order valence-electron chi connectivity index (χ1n) is 11.6. The Kier molecular flexibility index (Phi) is 6.50. The molecule has 0 bridgehead atoms. The summed E-state index contributed by atoms with van der Waals surface area (Å²) in [4.78, 5) is 0. The second-order valence-corrected chi connectivity index (χ2v) is 9.20. The number of benzene rings is 2. The highest BCUT2D eigenvalue weighted by Gasteiger charge is 2.22. The normalized spacial score (nSPS) is 23.6. The van der Waals surface area contributed by atoms with E-state index >= 15 is 0 Å². The van der Waals surface area contributed by atoms with Crippen LogP contribution in [0.5, 0.6) is 0 Å². The first-order valence-corrected chi connectivity index (χ1v) is 11.6. The van der Waals surface area contributed by atoms with E-state index in [2.05, 4.69) is 37.3 Å². The third kappa shape index (κ3) is 4.50. The van der Waals surface area contributed by atoms with Gasteiger partial charge >= 0.3 is 0 Å². The highest BCUT2D eigenvalue weighted by Crippen LogP contribution is 2.39. The van der Waals surface area contributed by atoms with E-state index in [1.165, 1.54) is 81.8 Å². The molecule has 0 saturated heterocycles. The first-order chi connectivity index (χ1) is 13.7. The van der Waals surface area contributed by atoms with Crippen molar-refractivity contribution >= 4 is 0 Å². The monoisotopic (exact) mass is 378 g/mol. The molecule has 4 rings (SSSR count). The van der Waals surface area contributed by atoms with Crippen LogP contribution in [-0.4, -0.2) is 0 Å². The van der Waals surface area contributed by atoms with E-state index in [9.17, 15) is 4.39 Å². The van der Waals surface area contributed by atoms with Gasteiger partial charge in [0.1, 0.15) is 5.82 Å². The van der Waals surface area contributed by atoms with E-state index in [1.54, 1.807) is 6.07 Å². The summed E-state index contributed by atoms with van der Waals surface area (Å²) in [7, 11) is 0. The van der Waals surface area contributed by atoms with Crippen LogP contribution >= 0.6 is 0 Å². The van der Waals surface area contributed by atoms with Gasteiger partial charge in [0, 0.05) is 5.56 Å². The lowest BCUT2D eigenvalue weighted by atomic mass is 9.77. The molecule has 0 radical (unpaired) electrons. The fourth-order valence-corrected chi connectivity index (χ4v) is 5.58. The molecule has 0 spiro atoms. The molecule has 0 heterocycles. The van der Waals surface area contributed by atoms with Crippen LogP contribution in [0.25, 0.3) is 11.1 Å². The zero-order valence-electron chi connectivity index (χ0n) is 17.4. The molecule has 2 saturated carbocycles. The lowest BCUT2D eigenvalue weighted by Gasteiger charge is -2.28. The molecule has 2 aliphatic rings. The van der Waals surface area contributed by atoms with E-state index in [-0.39, 0.29) is 5.82 Å². The predicted octanol–water partition coefficient (Wildman–Crippen LogP) is 8.61. The van der Waals surface area contributed by atoms with E-state index in [0.29, 0.717) is 11.8 Å². The van der Waals surface area contributed by atoms with Gasteiger partial charge in [0.15, 0.2) is 0 Å². The summed E-state index contributed by atoms with van der Waals surface area (Å²) in [5, 5.41) is 0. The first kappa shape index (κ1) is 19.7. The maximum absolute atomic E-state index is 14.9. The lowest BCUT2D eigenvalue weighted by Crippen LogP contribution is -2.13. The van der Waals surface area contributed by atoms with Crippen molar-refractivity contribution in [1.29, 1.82) is 0 Å². The molecule has 1 heteroatoms. The fraction of sp³-hybridized carbons (Fsp3) is 0.556. The Morgan fingerprint density at radius 2 is 1.39 bits per heavy atom. The quantitative estimate of drug-likeness (QED) is 0.488. The molecule has 0 aromatic heterocycles. The minimum absolute atomic E-state index is 0.0594. The molecule has 0 unspecified atom stereocenters. The van der Waals surface area contributed by atoms with Gasteiger partial charge in [-0.1, -0.05) is 75.4 Å². The van der Waals surface area contributed by atoms with Gasteiger partial charge in [0.05, 0.1) is 0 Å². The van der Waals surface area contributed by atoms with Crippen molar-refractivity contribution in [2.75, 3.05) is 0 Å². The topological polar surface area (TPSA) is 0 Å². The van der Waals surface area contributed by atoms with E-state index in [1.807, 2.05) is 6.07 Å². The van der Waals surface area contributed by atoms with Crippen molar-refractivity contribution in [1.82, 2.24) is 0 Å². The van der Waals surface area contributed by atoms with E-state index < -0.39 is 0 Å². The minimum atomic E-state index is -0.0594. The van der Waals surface area contributed by atoms with Crippen LogP contribution in [0.1, 0.15) is 101 Å². The third-order valence-corrected chi connectivity index (χ3v) is 7.31. The molecule has 150 valence electrons. The number of hydrogen-bond acceptors (Lipinski definition) is 0. The standard InChI is InChI=1S/C27H35F/c1-2-6-20-9-11-22(12-10-20)23-13-15-24(16-14-23)26-18-17-25(19-27(26)28)21-7-4-3-5-8-21/h13-22H,2-12H2,1H3. The summed E-state index contributed by atoms with van der Waals surface area (Å²) in [5.74, 6) is 2.14. The second kappa shape index (κ2) is 9.25. The number of rotatable bonds is 5. The van der Waals surface area contributed by atoms with Crippen molar-refractivity contribution in [3.05, 3.63) is 59.4 Å². The Bertz CT molecular complexity index is 746. The van der Waals surface area contributed by atoms with Gasteiger partial charge in [-0.2, -0.15) is 0 Å². The SMILES string of the molecule is CCCC1CCC(c2ccc(-c3ccc(C4CCCCC4)cc3F)cc2)CC1. The Morgan fingerprint density at radius 3 is 2.04 bits per heavy atom. The van der Waals surface area contributed by atoms with Gasteiger partial charge in [0.2, 0.25) is 0 Å². The predicted molar refractivity (Wildman–Crippen MR) is 117 cm³/mol. The third-order valence-electron chi connectivity index (χ3n) is 7.31. The highest BCUT2D eigenvalue weighted by molar-refractivity contribution is 5.65. The van der Waals surface area contributed by atoms with Crippen LogP contribution in [0.2, 0.25) is 0 Å². The molecule has 2 aromatic rings. The van der Waals surface area contributed by atoms with E-state index in [4.69, 9.17) is 0 Å². The summed E-state index contributed by atoms with van der Waals surface area (Å²) in [5.41, 5.74) is 4.40. The molecule has 2 aromatic carbocycles. The molecular weight excluding hydrogens is 343 g/mol. The molecule has 28 heavy (non-hydrogen) atoms. The Balaban J connectivity index is 1.44. The molecule has 2 aliphatic carbocycles. The zero-order valence-corrected chi connectivity index (χ0v) is 17.4. The van der Waals surface area contributed by atoms with Crippen LogP contribution in [0.3, 0.4) is 0 Å². The van der Waals surface area contributed by atoms with Gasteiger partial charge in [-0.05, 0) is 79.0 Å². The van der Waals surface area contributed by atoms with Crippen molar-refractivity contribution < 1.29 is 4.39 Å². The van der Waals surface area contributed by atoms with Crippen molar-refractivity contribution in [2.45, 2.75) is 89.4 Å². The van der Waals surface area contributed by atoms with Crippen LogP contribution in [0.15, 0.2) is 42.5 Å².